The monoisotopic (exact) mass is 427 g/mol. The fourth-order valence-corrected chi connectivity index (χ4v) is 4.96. The van der Waals surface area contributed by atoms with Crippen molar-refractivity contribution in [1.82, 2.24) is 20.3 Å². The molecule has 0 saturated heterocycles. The SMILES string of the molecule is CCCCC1=NC2(CCCC2)C(=O)N1Cc1ccc(-c2ccccc2-c2cn[nH]n2)cc1. The molecule has 3 aromatic rings. The van der Waals surface area contributed by atoms with Crippen LogP contribution in [-0.4, -0.2) is 37.6 Å². The molecule has 164 valence electrons. The summed E-state index contributed by atoms with van der Waals surface area (Å²) >= 11 is 0. The second-order valence-electron chi connectivity index (χ2n) is 8.86. The first-order valence-electron chi connectivity index (χ1n) is 11.7. The van der Waals surface area contributed by atoms with Crippen molar-refractivity contribution in [3.05, 3.63) is 60.3 Å². The van der Waals surface area contributed by atoms with E-state index in [4.69, 9.17) is 4.99 Å². The molecule has 1 saturated carbocycles. The summed E-state index contributed by atoms with van der Waals surface area (Å²) < 4.78 is 0. The van der Waals surface area contributed by atoms with Crippen LogP contribution >= 0.6 is 0 Å². The molecule has 2 aromatic carbocycles. The quantitative estimate of drug-likeness (QED) is 0.550. The van der Waals surface area contributed by atoms with Gasteiger partial charge in [0.25, 0.3) is 5.91 Å². The summed E-state index contributed by atoms with van der Waals surface area (Å²) in [6.07, 6.45) is 8.79. The number of amidine groups is 1. The van der Waals surface area contributed by atoms with E-state index in [-0.39, 0.29) is 5.91 Å². The van der Waals surface area contributed by atoms with Crippen molar-refractivity contribution >= 4 is 11.7 Å². The number of nitrogens with zero attached hydrogens (tertiary/aromatic N) is 4. The topological polar surface area (TPSA) is 74.2 Å². The molecular weight excluding hydrogens is 398 g/mol. The van der Waals surface area contributed by atoms with E-state index in [1.165, 1.54) is 0 Å². The summed E-state index contributed by atoms with van der Waals surface area (Å²) in [5.41, 5.74) is 4.75. The fraction of sp³-hybridized carbons (Fsp3) is 0.385. The number of hydrogen-bond acceptors (Lipinski definition) is 4. The van der Waals surface area contributed by atoms with Gasteiger partial charge in [-0.05, 0) is 36.0 Å². The second kappa shape index (κ2) is 8.69. The molecule has 6 nitrogen and oxygen atoms in total. The first-order chi connectivity index (χ1) is 15.7. The lowest BCUT2D eigenvalue weighted by atomic mass is 9.96. The van der Waals surface area contributed by atoms with Gasteiger partial charge < -0.3 is 0 Å². The number of rotatable bonds is 7. The van der Waals surface area contributed by atoms with Gasteiger partial charge >= 0.3 is 0 Å². The van der Waals surface area contributed by atoms with Gasteiger partial charge in [-0.15, -0.1) is 0 Å². The smallest absolute Gasteiger partial charge is 0.256 e. The third-order valence-electron chi connectivity index (χ3n) is 6.71. The Labute approximate surface area is 188 Å². The van der Waals surface area contributed by atoms with Crippen LogP contribution in [0.2, 0.25) is 0 Å². The largest absolute Gasteiger partial charge is 0.294 e. The van der Waals surface area contributed by atoms with E-state index < -0.39 is 5.54 Å². The predicted octanol–water partition coefficient (Wildman–Crippen LogP) is 5.38. The Hall–Kier alpha value is -3.28. The molecule has 5 rings (SSSR count). The molecular formula is C26H29N5O. The van der Waals surface area contributed by atoms with Gasteiger partial charge in [0.15, 0.2) is 0 Å². The Bertz CT molecular complexity index is 1110. The van der Waals surface area contributed by atoms with Gasteiger partial charge in [-0.3, -0.25) is 14.7 Å². The van der Waals surface area contributed by atoms with Gasteiger partial charge in [-0.2, -0.15) is 15.4 Å². The normalized spacial score (nSPS) is 17.3. The number of aliphatic imine (C=N–C) groups is 1. The molecule has 1 aromatic heterocycles. The highest BCUT2D eigenvalue weighted by Crippen LogP contribution is 2.40. The van der Waals surface area contributed by atoms with Gasteiger partial charge in [-0.25, -0.2) is 0 Å². The van der Waals surface area contributed by atoms with Crippen molar-refractivity contribution in [3.63, 3.8) is 0 Å². The molecule has 1 aliphatic carbocycles. The molecule has 1 spiro atoms. The average molecular weight is 428 g/mol. The number of H-pyrrole nitrogens is 1. The minimum absolute atomic E-state index is 0.210. The highest BCUT2D eigenvalue weighted by molar-refractivity contribution is 6.08. The van der Waals surface area contributed by atoms with Crippen LogP contribution in [0, 0.1) is 0 Å². The second-order valence-corrected chi connectivity index (χ2v) is 8.86. The molecule has 0 radical (unpaired) electrons. The third kappa shape index (κ3) is 3.74. The zero-order valence-corrected chi connectivity index (χ0v) is 18.6. The number of unbranched alkanes of at least 4 members (excludes halogenated alkanes) is 1. The van der Waals surface area contributed by atoms with E-state index >= 15 is 0 Å². The van der Waals surface area contributed by atoms with Crippen LogP contribution in [0.15, 0.2) is 59.7 Å². The van der Waals surface area contributed by atoms with Crippen LogP contribution in [0.1, 0.15) is 57.4 Å². The molecule has 0 unspecified atom stereocenters. The molecule has 1 aliphatic heterocycles. The van der Waals surface area contributed by atoms with E-state index in [2.05, 4.69) is 58.7 Å². The van der Waals surface area contributed by atoms with Crippen molar-refractivity contribution in [2.24, 2.45) is 4.99 Å². The van der Waals surface area contributed by atoms with E-state index in [0.717, 1.165) is 78.7 Å². The summed E-state index contributed by atoms with van der Waals surface area (Å²) in [7, 11) is 0. The molecule has 6 heteroatoms. The summed E-state index contributed by atoms with van der Waals surface area (Å²) in [6, 6.07) is 16.7. The van der Waals surface area contributed by atoms with Crippen LogP contribution in [0.4, 0.5) is 0 Å². The van der Waals surface area contributed by atoms with Gasteiger partial charge in [-0.1, -0.05) is 74.7 Å². The minimum atomic E-state index is -0.473. The zero-order chi connectivity index (χ0) is 22.0. The predicted molar refractivity (Wildman–Crippen MR) is 126 cm³/mol. The zero-order valence-electron chi connectivity index (χ0n) is 18.6. The van der Waals surface area contributed by atoms with Crippen molar-refractivity contribution in [1.29, 1.82) is 0 Å². The molecule has 2 aliphatic rings. The average Bonchev–Trinajstić information content (AvgIpc) is 3.58. The first kappa shape index (κ1) is 20.6. The van der Waals surface area contributed by atoms with Crippen LogP contribution in [0.25, 0.3) is 22.4 Å². The summed E-state index contributed by atoms with van der Waals surface area (Å²) in [5.74, 6) is 1.20. The number of carbonyl (C=O) groups excluding carboxylic acids is 1. The van der Waals surface area contributed by atoms with Crippen molar-refractivity contribution in [2.45, 2.75) is 64.0 Å². The summed E-state index contributed by atoms with van der Waals surface area (Å²) in [6.45, 7) is 2.77. The van der Waals surface area contributed by atoms with Gasteiger partial charge in [0.2, 0.25) is 0 Å². The van der Waals surface area contributed by atoms with Crippen molar-refractivity contribution in [3.8, 4) is 22.4 Å². The van der Waals surface area contributed by atoms with E-state index in [1.54, 1.807) is 6.20 Å². The number of benzene rings is 2. The lowest BCUT2D eigenvalue weighted by molar-refractivity contribution is -0.131. The standard InChI is InChI=1S/C26H29N5O/c1-2-3-10-24-28-26(15-6-7-16-26)25(32)31(24)18-19-11-13-20(14-12-19)21-8-4-5-9-22(21)23-17-27-30-29-23/h4-5,8-9,11-14,17H,2-3,6-7,10,15-16,18H2,1H3,(H,27,29,30). The highest BCUT2D eigenvalue weighted by atomic mass is 16.2. The van der Waals surface area contributed by atoms with Crippen molar-refractivity contribution in [2.75, 3.05) is 0 Å². The van der Waals surface area contributed by atoms with Crippen LogP contribution < -0.4 is 0 Å². The fourth-order valence-electron chi connectivity index (χ4n) is 4.96. The molecule has 1 N–H and O–H groups in total. The van der Waals surface area contributed by atoms with E-state index in [1.807, 2.05) is 17.0 Å². The molecule has 1 fully saturated rings. The van der Waals surface area contributed by atoms with E-state index in [9.17, 15) is 4.79 Å². The number of hydrogen-bond donors (Lipinski definition) is 1. The van der Waals surface area contributed by atoms with Gasteiger partial charge in [0.05, 0.1) is 12.7 Å². The maximum Gasteiger partial charge on any atom is 0.256 e. The van der Waals surface area contributed by atoms with Crippen molar-refractivity contribution < 1.29 is 4.79 Å². The Morgan fingerprint density at radius 2 is 1.78 bits per heavy atom. The third-order valence-corrected chi connectivity index (χ3v) is 6.71. The number of carbonyl (C=O) groups is 1. The number of amides is 1. The lowest BCUT2D eigenvalue weighted by Gasteiger charge is -2.23. The first-order valence-corrected chi connectivity index (χ1v) is 11.7. The molecule has 32 heavy (non-hydrogen) atoms. The maximum absolute atomic E-state index is 13.4. The van der Waals surface area contributed by atoms with Gasteiger partial charge in [0, 0.05) is 12.0 Å². The Balaban J connectivity index is 1.38. The highest BCUT2D eigenvalue weighted by Gasteiger charge is 2.49. The van der Waals surface area contributed by atoms with E-state index in [0.29, 0.717) is 6.54 Å². The maximum atomic E-state index is 13.4. The Morgan fingerprint density at radius 3 is 2.47 bits per heavy atom. The number of aromatic nitrogens is 3. The molecule has 2 heterocycles. The Kier molecular flexibility index (Phi) is 5.60. The van der Waals surface area contributed by atoms with Crippen LogP contribution in [-0.2, 0) is 11.3 Å². The van der Waals surface area contributed by atoms with Crippen LogP contribution in [0.3, 0.4) is 0 Å². The molecule has 0 atom stereocenters. The Morgan fingerprint density at radius 1 is 1.03 bits per heavy atom. The number of nitrogens with one attached hydrogen (secondary N) is 1. The lowest BCUT2D eigenvalue weighted by Crippen LogP contribution is -2.40. The molecule has 1 amide bonds. The number of aromatic amines is 1. The van der Waals surface area contributed by atoms with Crippen LogP contribution in [0.5, 0.6) is 0 Å². The summed E-state index contributed by atoms with van der Waals surface area (Å²) in [5, 5.41) is 10.9. The van der Waals surface area contributed by atoms with Gasteiger partial charge in [0.1, 0.15) is 17.1 Å². The molecule has 0 bridgehead atoms. The minimum Gasteiger partial charge on any atom is -0.294 e. The summed E-state index contributed by atoms with van der Waals surface area (Å²) in [4.78, 5) is 20.3.